The van der Waals surface area contributed by atoms with E-state index in [1.807, 2.05) is 13.8 Å². The van der Waals surface area contributed by atoms with E-state index < -0.39 is 22.7 Å². The summed E-state index contributed by atoms with van der Waals surface area (Å²) in [5, 5.41) is 3.09. The Kier molecular flexibility index (Phi) is 7.03. The molecule has 0 bridgehead atoms. The molecule has 104 valence electrons. The maximum absolute atomic E-state index is 11.8. The Morgan fingerprint density at radius 3 is 2.24 bits per heavy atom. The van der Waals surface area contributed by atoms with E-state index in [4.69, 9.17) is 0 Å². The van der Waals surface area contributed by atoms with Crippen LogP contribution in [0.25, 0.3) is 0 Å². The van der Waals surface area contributed by atoms with Crippen molar-refractivity contribution in [2.45, 2.75) is 38.9 Å². The third-order valence-electron chi connectivity index (χ3n) is 1.88. The summed E-state index contributed by atoms with van der Waals surface area (Å²) in [6.45, 7) is 3.08. The topological polar surface area (TPSA) is 58.2 Å². The minimum Gasteiger partial charge on any atom is -0.315 e. The zero-order chi connectivity index (χ0) is 13.5. The molecule has 0 aromatic rings. The van der Waals surface area contributed by atoms with Gasteiger partial charge in [0.2, 0.25) is 10.0 Å². The van der Waals surface area contributed by atoms with Gasteiger partial charge in [0.15, 0.2) is 0 Å². The van der Waals surface area contributed by atoms with Crippen molar-refractivity contribution in [2.75, 3.05) is 18.8 Å². The summed E-state index contributed by atoms with van der Waals surface area (Å²) in [5.41, 5.74) is 0. The van der Waals surface area contributed by atoms with Crippen LogP contribution in [0.1, 0.15) is 26.7 Å². The highest BCUT2D eigenvalue weighted by Crippen LogP contribution is 2.12. The highest BCUT2D eigenvalue weighted by atomic mass is 32.2. The van der Waals surface area contributed by atoms with E-state index in [2.05, 4.69) is 5.32 Å². The van der Waals surface area contributed by atoms with Gasteiger partial charge in [-0.25, -0.2) is 13.1 Å². The van der Waals surface area contributed by atoms with Gasteiger partial charge in [0.1, 0.15) is 6.54 Å². The van der Waals surface area contributed by atoms with Gasteiger partial charge in [-0.15, -0.1) is 0 Å². The summed E-state index contributed by atoms with van der Waals surface area (Å²) < 4.78 is 59.2. The smallest absolute Gasteiger partial charge is 0.315 e. The summed E-state index contributed by atoms with van der Waals surface area (Å²) in [7, 11) is -3.81. The first-order chi connectivity index (χ1) is 7.62. The van der Waals surface area contributed by atoms with Crippen LogP contribution in [0.4, 0.5) is 13.2 Å². The zero-order valence-corrected chi connectivity index (χ0v) is 10.8. The first-order valence-electron chi connectivity index (χ1n) is 5.40. The number of halogens is 3. The normalized spacial score (nSPS) is 13.3. The number of hydrogen-bond acceptors (Lipinski definition) is 3. The van der Waals surface area contributed by atoms with E-state index in [9.17, 15) is 21.6 Å². The van der Waals surface area contributed by atoms with Crippen molar-refractivity contribution >= 4 is 10.0 Å². The molecule has 0 unspecified atom stereocenters. The lowest BCUT2D eigenvalue weighted by atomic mass is 10.3. The first kappa shape index (κ1) is 16.7. The SMILES string of the molecule is CC(C)NCCCCS(=O)(=O)NCC(F)(F)F. The lowest BCUT2D eigenvalue weighted by Gasteiger charge is -2.10. The average molecular weight is 276 g/mol. The van der Waals surface area contributed by atoms with Crippen molar-refractivity contribution in [3.63, 3.8) is 0 Å². The molecule has 0 saturated carbocycles. The molecular formula is C9H19F3N2O2S. The predicted molar refractivity (Wildman–Crippen MR) is 60.2 cm³/mol. The molecule has 0 aromatic heterocycles. The van der Waals surface area contributed by atoms with E-state index in [1.54, 1.807) is 0 Å². The van der Waals surface area contributed by atoms with Crippen molar-refractivity contribution in [2.24, 2.45) is 0 Å². The minimum atomic E-state index is -4.51. The molecule has 0 saturated heterocycles. The van der Waals surface area contributed by atoms with Gasteiger partial charge in [-0.2, -0.15) is 13.2 Å². The van der Waals surface area contributed by atoms with E-state index >= 15 is 0 Å². The molecular weight excluding hydrogens is 257 g/mol. The van der Waals surface area contributed by atoms with Gasteiger partial charge in [-0.3, -0.25) is 0 Å². The Morgan fingerprint density at radius 2 is 1.76 bits per heavy atom. The molecule has 0 amide bonds. The van der Waals surface area contributed by atoms with Crippen LogP contribution in [-0.2, 0) is 10.0 Å². The summed E-state index contributed by atoms with van der Waals surface area (Å²) in [5.74, 6) is -0.275. The Hall–Kier alpha value is -0.340. The fraction of sp³-hybridized carbons (Fsp3) is 1.00. The second-order valence-electron chi connectivity index (χ2n) is 4.07. The van der Waals surface area contributed by atoms with Gasteiger partial charge < -0.3 is 5.32 Å². The fourth-order valence-electron chi connectivity index (χ4n) is 1.07. The maximum atomic E-state index is 11.8. The van der Waals surface area contributed by atoms with Crippen LogP contribution in [0.3, 0.4) is 0 Å². The van der Waals surface area contributed by atoms with Gasteiger partial charge in [0.05, 0.1) is 5.75 Å². The van der Waals surface area contributed by atoms with Gasteiger partial charge in [-0.1, -0.05) is 13.8 Å². The lowest BCUT2D eigenvalue weighted by Crippen LogP contribution is -2.35. The predicted octanol–water partition coefficient (Wildman–Crippen LogP) is 1.25. The third kappa shape index (κ3) is 11.9. The highest BCUT2D eigenvalue weighted by Gasteiger charge is 2.29. The van der Waals surface area contributed by atoms with Crippen molar-refractivity contribution < 1.29 is 21.6 Å². The number of alkyl halides is 3. The Balaban J connectivity index is 3.72. The van der Waals surface area contributed by atoms with E-state index in [0.29, 0.717) is 25.4 Å². The number of rotatable bonds is 8. The lowest BCUT2D eigenvalue weighted by molar-refractivity contribution is -0.121. The molecule has 0 heterocycles. The Bertz CT molecular complexity index is 302. The van der Waals surface area contributed by atoms with Crippen molar-refractivity contribution in [1.29, 1.82) is 0 Å². The summed E-state index contributed by atoms with van der Waals surface area (Å²) in [4.78, 5) is 0. The third-order valence-corrected chi connectivity index (χ3v) is 3.30. The molecule has 2 N–H and O–H groups in total. The largest absolute Gasteiger partial charge is 0.402 e. The molecule has 0 aliphatic carbocycles. The molecule has 0 atom stereocenters. The standard InChI is InChI=1S/C9H19F3N2O2S/c1-8(2)13-5-3-4-6-17(15,16)14-7-9(10,11)12/h8,13-14H,3-7H2,1-2H3. The summed E-state index contributed by atoms with van der Waals surface area (Å²) >= 11 is 0. The fourth-order valence-corrected chi connectivity index (χ4v) is 2.18. The quantitative estimate of drug-likeness (QED) is 0.656. The highest BCUT2D eigenvalue weighted by molar-refractivity contribution is 7.89. The van der Waals surface area contributed by atoms with E-state index in [0.717, 1.165) is 0 Å². The molecule has 0 fully saturated rings. The van der Waals surface area contributed by atoms with Gasteiger partial charge in [0.25, 0.3) is 0 Å². The van der Waals surface area contributed by atoms with Crippen molar-refractivity contribution in [3.8, 4) is 0 Å². The molecule has 17 heavy (non-hydrogen) atoms. The second kappa shape index (κ2) is 7.17. The van der Waals surface area contributed by atoms with Gasteiger partial charge in [0, 0.05) is 6.04 Å². The van der Waals surface area contributed by atoms with Crippen LogP contribution in [0, 0.1) is 0 Å². The zero-order valence-electron chi connectivity index (χ0n) is 9.97. The number of nitrogens with one attached hydrogen (secondary N) is 2. The van der Waals surface area contributed by atoms with E-state index in [-0.39, 0.29) is 5.75 Å². The van der Waals surface area contributed by atoms with Gasteiger partial charge >= 0.3 is 6.18 Å². The Morgan fingerprint density at radius 1 is 1.18 bits per heavy atom. The molecule has 0 spiro atoms. The molecule has 0 radical (unpaired) electrons. The molecule has 8 heteroatoms. The first-order valence-corrected chi connectivity index (χ1v) is 7.05. The summed E-state index contributed by atoms with van der Waals surface area (Å²) in [6, 6.07) is 0.315. The monoisotopic (exact) mass is 276 g/mol. The molecule has 0 aromatic carbocycles. The Labute approximate surface area is 100 Å². The molecule has 0 aliphatic rings. The number of unbranched alkanes of at least 4 members (excludes halogenated alkanes) is 1. The van der Waals surface area contributed by atoms with Crippen LogP contribution in [0.5, 0.6) is 0 Å². The second-order valence-corrected chi connectivity index (χ2v) is 6.00. The molecule has 4 nitrogen and oxygen atoms in total. The summed E-state index contributed by atoms with van der Waals surface area (Å²) in [6.07, 6.45) is -3.55. The van der Waals surface area contributed by atoms with Crippen LogP contribution in [0.2, 0.25) is 0 Å². The number of sulfonamides is 1. The van der Waals surface area contributed by atoms with Gasteiger partial charge in [-0.05, 0) is 19.4 Å². The van der Waals surface area contributed by atoms with Crippen LogP contribution < -0.4 is 10.0 Å². The number of hydrogen-bond donors (Lipinski definition) is 2. The van der Waals surface area contributed by atoms with Crippen LogP contribution in [0.15, 0.2) is 0 Å². The molecule has 0 rings (SSSR count). The minimum absolute atomic E-state index is 0.275. The van der Waals surface area contributed by atoms with Crippen LogP contribution >= 0.6 is 0 Å². The van der Waals surface area contributed by atoms with Crippen molar-refractivity contribution in [3.05, 3.63) is 0 Å². The van der Waals surface area contributed by atoms with Crippen LogP contribution in [-0.4, -0.2) is 39.5 Å². The average Bonchev–Trinajstić information content (AvgIpc) is 2.13. The molecule has 0 aliphatic heterocycles. The van der Waals surface area contributed by atoms with Crippen molar-refractivity contribution in [1.82, 2.24) is 10.0 Å². The maximum Gasteiger partial charge on any atom is 0.402 e. The van der Waals surface area contributed by atoms with E-state index in [1.165, 1.54) is 4.72 Å².